The Bertz CT molecular complexity index is 2680. The molecule has 0 saturated carbocycles. The van der Waals surface area contributed by atoms with Gasteiger partial charge in [-0.2, -0.15) is 0 Å². The smallest absolute Gasteiger partial charge is 0.0509 e. The molecule has 0 spiro atoms. The van der Waals surface area contributed by atoms with Gasteiger partial charge in [0, 0.05) is 38.5 Å². The topological polar surface area (TPSA) is 24.1 Å². The molecule has 2 N–H and O–H groups in total. The number of hydrogen-bond acceptors (Lipinski definition) is 2. The van der Waals surface area contributed by atoms with Gasteiger partial charge in [0.05, 0.1) is 5.69 Å². The Morgan fingerprint density at radius 2 is 0.889 bits per heavy atom. The summed E-state index contributed by atoms with van der Waals surface area (Å²) in [5.74, 6) is 0.209. The van der Waals surface area contributed by atoms with E-state index in [4.69, 9.17) is 0 Å². The minimum atomic E-state index is -1.64. The molecule has 0 atom stereocenters. The lowest BCUT2D eigenvalue weighted by Crippen LogP contribution is -2.13. The van der Waals surface area contributed by atoms with E-state index < -0.39 is 10.2 Å². The average molecular weight is 715 g/mol. The van der Waals surface area contributed by atoms with E-state index in [1.807, 2.05) is 0 Å². The molecule has 2 nitrogen and oxygen atoms in total. The molecule has 0 unspecified atom stereocenters. The zero-order chi connectivity index (χ0) is 36.5. The highest BCUT2D eigenvalue weighted by molar-refractivity contribution is 8.33. The second kappa shape index (κ2) is 14.3. The quantitative estimate of drug-likeness (QED) is 0.156. The van der Waals surface area contributed by atoms with Gasteiger partial charge in [-0.25, -0.2) is 0 Å². The molecule has 3 heteroatoms. The lowest BCUT2D eigenvalue weighted by Gasteiger charge is -2.39. The Balaban J connectivity index is 1.16. The van der Waals surface area contributed by atoms with Gasteiger partial charge in [-0.1, -0.05) is 182 Å². The number of rotatable bonds is 9. The fraction of sp³-hybridized carbons (Fsp3) is 0.0588. The van der Waals surface area contributed by atoms with Gasteiger partial charge in [0.15, 0.2) is 0 Å². The van der Waals surface area contributed by atoms with Crippen LogP contribution in [0, 0.1) is 0 Å². The highest BCUT2D eigenvalue weighted by Gasteiger charge is 2.27. The van der Waals surface area contributed by atoms with E-state index >= 15 is 0 Å². The van der Waals surface area contributed by atoms with Crippen LogP contribution in [0.4, 0.5) is 17.1 Å². The molecule has 0 heterocycles. The summed E-state index contributed by atoms with van der Waals surface area (Å²) in [6.45, 7) is 0. The van der Waals surface area contributed by atoms with E-state index in [9.17, 15) is 0 Å². The van der Waals surface area contributed by atoms with Gasteiger partial charge in [0.1, 0.15) is 0 Å². The lowest BCUT2D eigenvalue weighted by molar-refractivity contribution is 1.05. The minimum absolute atomic E-state index is 0.209. The van der Waals surface area contributed by atoms with Gasteiger partial charge in [0.2, 0.25) is 0 Å². The fourth-order valence-electron chi connectivity index (χ4n) is 8.07. The monoisotopic (exact) mass is 714 g/mol. The Kier molecular flexibility index (Phi) is 8.86. The number of fused-ring (bicyclic) bond motifs is 2. The van der Waals surface area contributed by atoms with Crippen LogP contribution in [0.15, 0.2) is 205 Å². The van der Waals surface area contributed by atoms with Crippen molar-refractivity contribution in [1.29, 1.82) is 0 Å². The van der Waals surface area contributed by atoms with E-state index in [1.54, 1.807) is 0 Å². The molecular formula is C51H42N2S. The summed E-state index contributed by atoms with van der Waals surface area (Å²) in [7, 11) is -1.64. The van der Waals surface area contributed by atoms with Gasteiger partial charge >= 0.3 is 0 Å². The highest BCUT2D eigenvalue weighted by atomic mass is 32.3. The van der Waals surface area contributed by atoms with Crippen LogP contribution in [0.5, 0.6) is 0 Å². The van der Waals surface area contributed by atoms with E-state index in [2.05, 4.69) is 223 Å². The summed E-state index contributed by atoms with van der Waals surface area (Å²) >= 11 is 0. The van der Waals surface area contributed by atoms with Gasteiger partial charge in [-0.3, -0.25) is 0 Å². The second-order valence-corrected chi connectivity index (χ2v) is 17.5. The minimum Gasteiger partial charge on any atom is -0.355 e. The zero-order valence-corrected chi connectivity index (χ0v) is 31.4. The molecule has 0 radical (unpaired) electrons. The van der Waals surface area contributed by atoms with Crippen LogP contribution >= 0.6 is 10.2 Å². The molecule has 0 saturated heterocycles. The van der Waals surface area contributed by atoms with E-state index in [0.717, 1.165) is 17.1 Å². The molecule has 0 fully saturated rings. The predicted molar refractivity (Wildman–Crippen MR) is 236 cm³/mol. The van der Waals surface area contributed by atoms with Crippen molar-refractivity contribution < 1.29 is 0 Å². The van der Waals surface area contributed by atoms with Crippen LogP contribution in [0.2, 0.25) is 0 Å². The lowest BCUT2D eigenvalue weighted by atomic mass is 9.94. The largest absolute Gasteiger partial charge is 0.355 e. The van der Waals surface area contributed by atoms with Crippen LogP contribution in [0.1, 0.15) is 11.5 Å². The summed E-state index contributed by atoms with van der Waals surface area (Å²) < 4.78 is 4.16. The van der Waals surface area contributed by atoms with Crippen LogP contribution in [0.3, 0.4) is 0 Å². The average Bonchev–Trinajstić information content (AvgIpc) is 3.77. The molecule has 1 aliphatic carbocycles. The number of benzene rings is 8. The standard InChI is InChI=1S/C51H42N2S/c1-54(2,53-50-35-33-40(37-20-7-4-8-21-37)43-25-12-14-27-45(43)50)51-41(38-22-9-10-23-38)29-17-30-47(51)46-28-15-16-31-48(46)52-49-34-32-39(36-18-5-3-6-19-36)42-24-11-13-26-44(42)49/h3-35,38,52-53H,1-2H3. The SMILES string of the molecule is CS(C)(Nc1ccc(-c2ccccc2)c2ccccc12)c1c(-c2ccccc2Nc2ccc(-c3ccccc3)c3ccccc23)cccc1C1C=CC=C1. The summed E-state index contributed by atoms with van der Waals surface area (Å²) in [5.41, 5.74) is 12.0. The van der Waals surface area contributed by atoms with Crippen molar-refractivity contribution >= 4 is 48.8 Å². The Labute approximate surface area is 320 Å². The van der Waals surface area contributed by atoms with Crippen molar-refractivity contribution in [2.45, 2.75) is 10.8 Å². The normalized spacial score (nSPS) is 13.1. The first-order valence-corrected chi connectivity index (χ1v) is 21.0. The van der Waals surface area contributed by atoms with Crippen molar-refractivity contribution in [2.75, 3.05) is 22.6 Å². The first-order valence-electron chi connectivity index (χ1n) is 18.5. The Morgan fingerprint density at radius 1 is 0.389 bits per heavy atom. The number of anilines is 3. The third kappa shape index (κ3) is 6.27. The number of nitrogens with one attached hydrogen (secondary N) is 2. The van der Waals surface area contributed by atoms with Gasteiger partial charge < -0.3 is 10.0 Å². The zero-order valence-electron chi connectivity index (χ0n) is 30.5. The van der Waals surface area contributed by atoms with E-state index in [-0.39, 0.29) is 5.92 Å². The van der Waals surface area contributed by atoms with Gasteiger partial charge in [-0.15, -0.1) is 10.2 Å². The molecule has 0 bridgehead atoms. The maximum Gasteiger partial charge on any atom is 0.0509 e. The molecule has 1 aliphatic rings. The Morgan fingerprint density at radius 3 is 1.52 bits per heavy atom. The van der Waals surface area contributed by atoms with Crippen molar-refractivity contribution in [1.82, 2.24) is 0 Å². The van der Waals surface area contributed by atoms with Crippen molar-refractivity contribution in [3.05, 3.63) is 206 Å². The third-order valence-corrected chi connectivity index (χ3v) is 12.7. The second-order valence-electron chi connectivity index (χ2n) is 14.3. The van der Waals surface area contributed by atoms with E-state index in [1.165, 1.54) is 65.4 Å². The van der Waals surface area contributed by atoms with Crippen LogP contribution in [-0.4, -0.2) is 12.5 Å². The van der Waals surface area contributed by atoms with Gasteiger partial charge in [-0.05, 0) is 74.9 Å². The number of hydrogen-bond donors (Lipinski definition) is 2. The molecule has 0 amide bonds. The molecule has 0 aromatic heterocycles. The number of para-hydroxylation sites is 1. The van der Waals surface area contributed by atoms with Crippen LogP contribution < -0.4 is 10.0 Å². The molecule has 8 aromatic carbocycles. The molecule has 8 aromatic rings. The van der Waals surface area contributed by atoms with Crippen LogP contribution in [-0.2, 0) is 0 Å². The van der Waals surface area contributed by atoms with Crippen molar-refractivity contribution in [2.24, 2.45) is 0 Å². The summed E-state index contributed by atoms with van der Waals surface area (Å²) in [4.78, 5) is 1.36. The highest BCUT2D eigenvalue weighted by Crippen LogP contribution is 2.57. The van der Waals surface area contributed by atoms with Crippen molar-refractivity contribution in [3.63, 3.8) is 0 Å². The molecule has 262 valence electrons. The summed E-state index contributed by atoms with van der Waals surface area (Å²) in [6, 6.07) is 63.5. The molecule has 0 aliphatic heterocycles. The predicted octanol–water partition coefficient (Wildman–Crippen LogP) is 14.4. The molecule has 9 rings (SSSR count). The third-order valence-electron chi connectivity index (χ3n) is 10.5. The van der Waals surface area contributed by atoms with E-state index in [0.29, 0.717) is 0 Å². The van der Waals surface area contributed by atoms with Crippen LogP contribution in [0.25, 0.3) is 54.9 Å². The number of allylic oxidation sites excluding steroid dienone is 4. The first kappa shape index (κ1) is 33.5. The van der Waals surface area contributed by atoms with Crippen molar-refractivity contribution in [3.8, 4) is 33.4 Å². The maximum atomic E-state index is 4.16. The molecule has 54 heavy (non-hydrogen) atoms. The Hall–Kier alpha value is -6.29. The first-order chi connectivity index (χ1) is 26.5. The molecular weight excluding hydrogens is 673 g/mol. The van der Waals surface area contributed by atoms with Gasteiger partial charge in [0.25, 0.3) is 0 Å². The fourth-order valence-corrected chi connectivity index (χ4v) is 10.4. The maximum absolute atomic E-state index is 4.16. The summed E-state index contributed by atoms with van der Waals surface area (Å²) in [5, 5.41) is 8.82. The summed E-state index contributed by atoms with van der Waals surface area (Å²) in [6.07, 6.45) is 13.8.